The summed E-state index contributed by atoms with van der Waals surface area (Å²) in [6.45, 7) is 2.15. The van der Waals surface area contributed by atoms with Crippen molar-refractivity contribution in [3.63, 3.8) is 0 Å². The standard InChI is InChI=1S/C18H30O2/c1-2-3-4-5-6-7-8-9-10-11-12-13-14-15-16-17-18(19)20/h3-4,6-7,12-13H,2,5,8-11,14-17H2,1H3,(H,19,20)/b4-3+,7-6+,13-12+. The Kier molecular flexibility index (Phi) is 14.7. The molecule has 20 heavy (non-hydrogen) atoms. The van der Waals surface area contributed by atoms with Gasteiger partial charge in [0, 0.05) is 6.42 Å². The maximum absolute atomic E-state index is 10.3. The molecule has 0 bridgehead atoms. The fraction of sp³-hybridized carbons (Fsp3) is 0.611. The van der Waals surface area contributed by atoms with E-state index in [2.05, 4.69) is 43.4 Å². The van der Waals surface area contributed by atoms with E-state index < -0.39 is 5.97 Å². The van der Waals surface area contributed by atoms with Crippen LogP contribution in [0.3, 0.4) is 0 Å². The Hall–Kier alpha value is -1.31. The molecule has 0 amide bonds. The number of carboxylic acids is 1. The van der Waals surface area contributed by atoms with E-state index in [4.69, 9.17) is 5.11 Å². The van der Waals surface area contributed by atoms with Crippen LogP contribution in [0.2, 0.25) is 0 Å². The average molecular weight is 278 g/mol. The number of carboxylic acid groups (broad SMARTS) is 1. The molecule has 0 aliphatic carbocycles. The Labute approximate surface area is 124 Å². The first-order valence-corrected chi connectivity index (χ1v) is 7.94. The predicted octanol–water partition coefficient (Wildman–Crippen LogP) is 5.66. The molecule has 2 nitrogen and oxygen atoms in total. The summed E-state index contributed by atoms with van der Waals surface area (Å²) in [4.78, 5) is 10.3. The van der Waals surface area contributed by atoms with Crippen LogP contribution < -0.4 is 0 Å². The van der Waals surface area contributed by atoms with Crippen molar-refractivity contribution in [1.29, 1.82) is 0 Å². The Bertz CT molecular complexity index is 301. The van der Waals surface area contributed by atoms with Crippen molar-refractivity contribution in [3.05, 3.63) is 36.5 Å². The van der Waals surface area contributed by atoms with E-state index in [0.29, 0.717) is 6.42 Å². The van der Waals surface area contributed by atoms with Crippen molar-refractivity contribution in [2.45, 2.75) is 71.1 Å². The molecule has 2 heteroatoms. The first kappa shape index (κ1) is 18.7. The van der Waals surface area contributed by atoms with Gasteiger partial charge in [0.05, 0.1) is 0 Å². The molecule has 0 aromatic carbocycles. The minimum atomic E-state index is -0.688. The highest BCUT2D eigenvalue weighted by atomic mass is 16.4. The number of carbonyl (C=O) groups is 1. The van der Waals surface area contributed by atoms with E-state index in [9.17, 15) is 4.79 Å². The number of allylic oxidation sites excluding steroid dienone is 6. The zero-order valence-electron chi connectivity index (χ0n) is 12.9. The molecular weight excluding hydrogens is 248 g/mol. The van der Waals surface area contributed by atoms with Crippen LogP contribution >= 0.6 is 0 Å². The van der Waals surface area contributed by atoms with Crippen LogP contribution in [0.15, 0.2) is 36.5 Å². The van der Waals surface area contributed by atoms with Gasteiger partial charge in [-0.05, 0) is 57.8 Å². The van der Waals surface area contributed by atoms with Gasteiger partial charge >= 0.3 is 5.97 Å². The lowest BCUT2D eigenvalue weighted by Gasteiger charge is -1.95. The monoisotopic (exact) mass is 278 g/mol. The molecule has 114 valence electrons. The van der Waals surface area contributed by atoms with E-state index >= 15 is 0 Å². The lowest BCUT2D eigenvalue weighted by atomic mass is 10.1. The molecule has 1 N–H and O–H groups in total. The number of rotatable bonds is 13. The number of hydrogen-bond donors (Lipinski definition) is 1. The molecule has 0 radical (unpaired) electrons. The summed E-state index contributed by atoms with van der Waals surface area (Å²) in [5, 5.41) is 8.49. The van der Waals surface area contributed by atoms with Gasteiger partial charge in [0.25, 0.3) is 0 Å². The van der Waals surface area contributed by atoms with Crippen LogP contribution in [0.4, 0.5) is 0 Å². The summed E-state index contributed by atoms with van der Waals surface area (Å²) in [6, 6.07) is 0. The van der Waals surface area contributed by atoms with E-state index in [-0.39, 0.29) is 0 Å². The fourth-order valence-electron chi connectivity index (χ4n) is 1.85. The van der Waals surface area contributed by atoms with Crippen molar-refractivity contribution in [3.8, 4) is 0 Å². The summed E-state index contributed by atoms with van der Waals surface area (Å²) in [5.74, 6) is -0.688. The molecule has 0 spiro atoms. The highest BCUT2D eigenvalue weighted by Crippen LogP contribution is 2.05. The Balaban J connectivity index is 3.23. The third-order valence-corrected chi connectivity index (χ3v) is 3.01. The van der Waals surface area contributed by atoms with Crippen molar-refractivity contribution < 1.29 is 9.90 Å². The molecule has 0 aliphatic heterocycles. The summed E-state index contributed by atoms with van der Waals surface area (Å²) >= 11 is 0. The summed E-state index contributed by atoms with van der Waals surface area (Å²) < 4.78 is 0. The number of unbranched alkanes of at least 4 members (excludes halogenated alkanes) is 5. The van der Waals surface area contributed by atoms with Crippen LogP contribution in [-0.4, -0.2) is 11.1 Å². The zero-order chi connectivity index (χ0) is 14.9. The molecule has 0 saturated carbocycles. The van der Waals surface area contributed by atoms with E-state index in [1.165, 1.54) is 19.3 Å². The molecule has 0 fully saturated rings. The third-order valence-electron chi connectivity index (χ3n) is 3.01. The molecule has 0 rings (SSSR count). The lowest BCUT2D eigenvalue weighted by molar-refractivity contribution is -0.137. The second kappa shape index (κ2) is 15.7. The van der Waals surface area contributed by atoms with Gasteiger partial charge in [0.15, 0.2) is 0 Å². The topological polar surface area (TPSA) is 37.3 Å². The maximum atomic E-state index is 10.3. The Morgan fingerprint density at radius 3 is 1.85 bits per heavy atom. The average Bonchev–Trinajstić information content (AvgIpc) is 2.43. The quantitative estimate of drug-likeness (QED) is 0.348. The van der Waals surface area contributed by atoms with Gasteiger partial charge < -0.3 is 5.11 Å². The second-order valence-electron chi connectivity index (χ2n) is 4.98. The highest BCUT2D eigenvalue weighted by molar-refractivity contribution is 5.66. The normalized spacial score (nSPS) is 12.1. The van der Waals surface area contributed by atoms with Crippen LogP contribution in [0, 0.1) is 0 Å². The molecular formula is C18H30O2. The third kappa shape index (κ3) is 16.7. The first-order chi connectivity index (χ1) is 9.77. The summed E-state index contributed by atoms with van der Waals surface area (Å²) in [5.41, 5.74) is 0. The predicted molar refractivity (Wildman–Crippen MR) is 86.9 cm³/mol. The van der Waals surface area contributed by atoms with Gasteiger partial charge in [-0.15, -0.1) is 0 Å². The maximum Gasteiger partial charge on any atom is 0.303 e. The first-order valence-electron chi connectivity index (χ1n) is 7.94. The van der Waals surface area contributed by atoms with Crippen LogP contribution in [0.5, 0.6) is 0 Å². The molecule has 0 heterocycles. The Morgan fingerprint density at radius 2 is 1.30 bits per heavy atom. The molecule has 0 saturated heterocycles. The molecule has 0 atom stereocenters. The van der Waals surface area contributed by atoms with E-state index in [0.717, 1.165) is 38.5 Å². The number of aliphatic carboxylic acids is 1. The fourth-order valence-corrected chi connectivity index (χ4v) is 1.85. The molecule has 0 unspecified atom stereocenters. The van der Waals surface area contributed by atoms with Gasteiger partial charge in [-0.2, -0.15) is 0 Å². The smallest absolute Gasteiger partial charge is 0.303 e. The Morgan fingerprint density at radius 1 is 0.800 bits per heavy atom. The van der Waals surface area contributed by atoms with Gasteiger partial charge in [0.1, 0.15) is 0 Å². The van der Waals surface area contributed by atoms with Crippen LogP contribution in [0.25, 0.3) is 0 Å². The SMILES string of the molecule is CC/C=C/C/C=C/CCCC/C=C/CCCCC(=O)O. The minimum Gasteiger partial charge on any atom is -0.481 e. The highest BCUT2D eigenvalue weighted by Gasteiger charge is 1.94. The summed E-state index contributed by atoms with van der Waals surface area (Å²) in [6.07, 6.45) is 23.4. The van der Waals surface area contributed by atoms with Crippen LogP contribution in [-0.2, 0) is 4.79 Å². The van der Waals surface area contributed by atoms with Gasteiger partial charge in [-0.1, -0.05) is 43.4 Å². The minimum absolute atomic E-state index is 0.299. The lowest BCUT2D eigenvalue weighted by Crippen LogP contribution is -1.92. The molecule has 0 aromatic rings. The summed E-state index contributed by atoms with van der Waals surface area (Å²) in [7, 11) is 0. The van der Waals surface area contributed by atoms with Crippen molar-refractivity contribution in [2.24, 2.45) is 0 Å². The van der Waals surface area contributed by atoms with E-state index in [1.54, 1.807) is 0 Å². The number of hydrogen-bond acceptors (Lipinski definition) is 1. The second-order valence-corrected chi connectivity index (χ2v) is 4.98. The van der Waals surface area contributed by atoms with Gasteiger partial charge in [-0.3, -0.25) is 4.79 Å². The van der Waals surface area contributed by atoms with Gasteiger partial charge in [0.2, 0.25) is 0 Å². The van der Waals surface area contributed by atoms with Crippen LogP contribution in [0.1, 0.15) is 71.1 Å². The molecule has 0 aromatic heterocycles. The zero-order valence-corrected chi connectivity index (χ0v) is 12.9. The van der Waals surface area contributed by atoms with Gasteiger partial charge in [-0.25, -0.2) is 0 Å². The van der Waals surface area contributed by atoms with E-state index in [1.807, 2.05) is 0 Å². The van der Waals surface area contributed by atoms with Crippen molar-refractivity contribution >= 4 is 5.97 Å². The van der Waals surface area contributed by atoms with Crippen molar-refractivity contribution in [2.75, 3.05) is 0 Å². The largest absolute Gasteiger partial charge is 0.481 e. The van der Waals surface area contributed by atoms with Crippen molar-refractivity contribution in [1.82, 2.24) is 0 Å². The molecule has 0 aliphatic rings.